The standard InChI is InChI=1S/C9H19N3O3/c10-9(13)15-6-2-11-1-3-12-4-7-14-8-5-12/h11H,1-8H2,(H2,10,13). The van der Waals surface area contributed by atoms with Crippen LogP contribution in [0.3, 0.4) is 0 Å². The Balaban J connectivity index is 1.85. The maximum Gasteiger partial charge on any atom is 0.404 e. The molecule has 0 aliphatic carbocycles. The molecular weight excluding hydrogens is 198 g/mol. The van der Waals surface area contributed by atoms with Crippen LogP contribution in [0, 0.1) is 0 Å². The van der Waals surface area contributed by atoms with Gasteiger partial charge in [-0.15, -0.1) is 0 Å². The quantitative estimate of drug-likeness (QED) is 0.558. The van der Waals surface area contributed by atoms with Gasteiger partial charge in [-0.2, -0.15) is 0 Å². The van der Waals surface area contributed by atoms with Crippen LogP contribution in [0.4, 0.5) is 4.79 Å². The van der Waals surface area contributed by atoms with Crippen molar-refractivity contribution in [3.63, 3.8) is 0 Å². The number of ether oxygens (including phenoxy) is 2. The van der Waals surface area contributed by atoms with Crippen LogP contribution in [0.25, 0.3) is 0 Å². The number of nitrogens with zero attached hydrogens (tertiary/aromatic N) is 1. The van der Waals surface area contributed by atoms with Crippen molar-refractivity contribution in [3.05, 3.63) is 0 Å². The molecule has 0 atom stereocenters. The van der Waals surface area contributed by atoms with Crippen LogP contribution in [-0.2, 0) is 9.47 Å². The Hall–Kier alpha value is -0.850. The van der Waals surface area contributed by atoms with Crippen LogP contribution < -0.4 is 11.1 Å². The number of hydrogen-bond acceptors (Lipinski definition) is 5. The number of morpholine rings is 1. The zero-order valence-electron chi connectivity index (χ0n) is 8.91. The summed E-state index contributed by atoms with van der Waals surface area (Å²) in [4.78, 5) is 12.6. The van der Waals surface area contributed by atoms with Crippen LogP contribution in [-0.4, -0.2) is 63.5 Å². The SMILES string of the molecule is NC(=O)OCCNCCN1CCOCC1. The largest absolute Gasteiger partial charge is 0.448 e. The number of amides is 1. The average molecular weight is 217 g/mol. The molecule has 1 amide bonds. The van der Waals surface area contributed by atoms with Gasteiger partial charge in [0, 0.05) is 32.7 Å². The topological polar surface area (TPSA) is 76.8 Å². The summed E-state index contributed by atoms with van der Waals surface area (Å²) in [6, 6.07) is 0. The van der Waals surface area contributed by atoms with E-state index in [0.29, 0.717) is 13.2 Å². The zero-order valence-corrected chi connectivity index (χ0v) is 8.91. The van der Waals surface area contributed by atoms with E-state index in [0.717, 1.165) is 39.4 Å². The first-order chi connectivity index (χ1) is 7.29. The van der Waals surface area contributed by atoms with Gasteiger partial charge in [-0.25, -0.2) is 4.79 Å². The Bertz CT molecular complexity index is 183. The van der Waals surface area contributed by atoms with E-state index in [1.807, 2.05) is 0 Å². The summed E-state index contributed by atoms with van der Waals surface area (Å²) in [6.07, 6.45) is -0.718. The molecule has 15 heavy (non-hydrogen) atoms. The number of nitrogens with two attached hydrogens (primary N) is 1. The molecule has 0 aromatic heterocycles. The van der Waals surface area contributed by atoms with E-state index in [-0.39, 0.29) is 0 Å². The highest BCUT2D eigenvalue weighted by atomic mass is 16.5. The Morgan fingerprint density at radius 3 is 2.80 bits per heavy atom. The molecule has 1 fully saturated rings. The maximum absolute atomic E-state index is 10.2. The molecule has 1 aliphatic heterocycles. The summed E-state index contributed by atoms with van der Waals surface area (Å²) in [5.41, 5.74) is 4.81. The second kappa shape index (κ2) is 7.44. The van der Waals surface area contributed by atoms with Crippen LogP contribution in [0.2, 0.25) is 0 Å². The molecule has 0 aromatic rings. The normalized spacial score (nSPS) is 17.6. The molecule has 1 saturated heterocycles. The fourth-order valence-electron chi connectivity index (χ4n) is 1.41. The minimum Gasteiger partial charge on any atom is -0.448 e. The first kappa shape index (κ1) is 12.2. The first-order valence-corrected chi connectivity index (χ1v) is 5.22. The maximum atomic E-state index is 10.2. The van der Waals surface area contributed by atoms with E-state index in [1.165, 1.54) is 0 Å². The van der Waals surface area contributed by atoms with Crippen molar-refractivity contribution in [2.45, 2.75) is 0 Å². The molecular formula is C9H19N3O3. The van der Waals surface area contributed by atoms with Gasteiger partial charge in [-0.05, 0) is 0 Å². The van der Waals surface area contributed by atoms with Gasteiger partial charge in [0.2, 0.25) is 0 Å². The molecule has 0 unspecified atom stereocenters. The van der Waals surface area contributed by atoms with E-state index >= 15 is 0 Å². The fourth-order valence-corrected chi connectivity index (χ4v) is 1.41. The monoisotopic (exact) mass is 217 g/mol. The van der Waals surface area contributed by atoms with E-state index in [4.69, 9.17) is 10.5 Å². The van der Waals surface area contributed by atoms with Gasteiger partial charge in [0.05, 0.1) is 13.2 Å². The summed E-state index contributed by atoms with van der Waals surface area (Å²) >= 11 is 0. The van der Waals surface area contributed by atoms with Crippen LogP contribution >= 0.6 is 0 Å². The molecule has 0 spiro atoms. The molecule has 0 saturated carbocycles. The van der Waals surface area contributed by atoms with Crippen molar-refractivity contribution in [2.24, 2.45) is 5.73 Å². The minimum absolute atomic E-state index is 0.332. The molecule has 6 heteroatoms. The predicted octanol–water partition coefficient (Wildman–Crippen LogP) is -0.996. The number of carbonyl (C=O) groups is 1. The van der Waals surface area contributed by atoms with Crippen molar-refractivity contribution < 1.29 is 14.3 Å². The second-order valence-electron chi connectivity index (χ2n) is 3.37. The smallest absolute Gasteiger partial charge is 0.404 e. The second-order valence-corrected chi connectivity index (χ2v) is 3.37. The third kappa shape index (κ3) is 6.27. The highest BCUT2D eigenvalue weighted by Gasteiger charge is 2.08. The average Bonchev–Trinajstić information content (AvgIpc) is 2.24. The van der Waals surface area contributed by atoms with Crippen molar-refractivity contribution in [3.8, 4) is 0 Å². The molecule has 3 N–H and O–H groups in total. The molecule has 0 aromatic carbocycles. The van der Waals surface area contributed by atoms with Crippen molar-refractivity contribution in [2.75, 3.05) is 52.5 Å². The number of nitrogens with one attached hydrogen (secondary N) is 1. The Kier molecular flexibility index (Phi) is 6.06. The van der Waals surface area contributed by atoms with Gasteiger partial charge in [0.1, 0.15) is 6.61 Å². The van der Waals surface area contributed by atoms with Gasteiger partial charge in [-0.3, -0.25) is 4.90 Å². The number of rotatable bonds is 6. The first-order valence-electron chi connectivity index (χ1n) is 5.22. The van der Waals surface area contributed by atoms with E-state index < -0.39 is 6.09 Å². The summed E-state index contributed by atoms with van der Waals surface area (Å²) in [6.45, 7) is 6.52. The van der Waals surface area contributed by atoms with E-state index in [1.54, 1.807) is 0 Å². The highest BCUT2D eigenvalue weighted by Crippen LogP contribution is 1.94. The van der Waals surface area contributed by atoms with Gasteiger partial charge < -0.3 is 20.5 Å². The number of carbonyl (C=O) groups excluding carboxylic acids is 1. The molecule has 88 valence electrons. The van der Waals surface area contributed by atoms with Gasteiger partial charge in [0.15, 0.2) is 0 Å². The molecule has 0 radical (unpaired) electrons. The van der Waals surface area contributed by atoms with Crippen LogP contribution in [0.1, 0.15) is 0 Å². The summed E-state index contributed by atoms with van der Waals surface area (Å²) in [5.74, 6) is 0. The molecule has 6 nitrogen and oxygen atoms in total. The Morgan fingerprint density at radius 1 is 1.40 bits per heavy atom. The van der Waals surface area contributed by atoms with Gasteiger partial charge in [0.25, 0.3) is 0 Å². The Labute approximate surface area is 89.7 Å². The van der Waals surface area contributed by atoms with Crippen molar-refractivity contribution >= 4 is 6.09 Å². The molecule has 0 bridgehead atoms. The summed E-state index contributed by atoms with van der Waals surface area (Å²) in [5, 5.41) is 3.17. The van der Waals surface area contributed by atoms with Crippen molar-refractivity contribution in [1.82, 2.24) is 10.2 Å². The van der Waals surface area contributed by atoms with E-state index in [9.17, 15) is 4.79 Å². The lowest BCUT2D eigenvalue weighted by Gasteiger charge is -2.26. The van der Waals surface area contributed by atoms with Gasteiger partial charge >= 0.3 is 6.09 Å². The number of primary amides is 1. The van der Waals surface area contributed by atoms with Crippen LogP contribution in [0.5, 0.6) is 0 Å². The summed E-state index contributed by atoms with van der Waals surface area (Å²) in [7, 11) is 0. The lowest BCUT2D eigenvalue weighted by atomic mass is 10.4. The molecule has 1 heterocycles. The van der Waals surface area contributed by atoms with E-state index in [2.05, 4.69) is 15.0 Å². The third-order valence-electron chi connectivity index (χ3n) is 2.23. The zero-order chi connectivity index (χ0) is 10.9. The highest BCUT2D eigenvalue weighted by molar-refractivity contribution is 5.64. The lowest BCUT2D eigenvalue weighted by molar-refractivity contribution is 0.0383. The molecule has 1 aliphatic rings. The number of hydrogen-bond donors (Lipinski definition) is 2. The molecule has 1 rings (SSSR count). The predicted molar refractivity (Wildman–Crippen MR) is 55.7 cm³/mol. The van der Waals surface area contributed by atoms with Gasteiger partial charge in [-0.1, -0.05) is 0 Å². The lowest BCUT2D eigenvalue weighted by Crippen LogP contribution is -2.40. The Morgan fingerprint density at radius 2 is 2.13 bits per heavy atom. The summed E-state index contributed by atoms with van der Waals surface area (Å²) < 4.78 is 9.81. The minimum atomic E-state index is -0.718. The fraction of sp³-hybridized carbons (Fsp3) is 0.889. The van der Waals surface area contributed by atoms with Crippen molar-refractivity contribution in [1.29, 1.82) is 0 Å². The van der Waals surface area contributed by atoms with Crippen LogP contribution in [0.15, 0.2) is 0 Å². The third-order valence-corrected chi connectivity index (χ3v) is 2.23.